The molecule has 4 rings (SSSR count). The highest BCUT2D eigenvalue weighted by molar-refractivity contribution is 7.17. The summed E-state index contributed by atoms with van der Waals surface area (Å²) in [5.41, 5.74) is 2.21. The number of rotatable bonds is 6. The highest BCUT2D eigenvalue weighted by Gasteiger charge is 2.19. The van der Waals surface area contributed by atoms with Gasteiger partial charge in [0.05, 0.1) is 31.1 Å². The van der Waals surface area contributed by atoms with Crippen LogP contribution in [0.15, 0.2) is 57.4 Å². The number of aryl methyl sites for hydroxylation is 2. The summed E-state index contributed by atoms with van der Waals surface area (Å²) in [6, 6.07) is 12.2. The molecule has 4 aromatic rings. The first kappa shape index (κ1) is 22.3. The van der Waals surface area contributed by atoms with Gasteiger partial charge in [0.2, 0.25) is 5.91 Å². The van der Waals surface area contributed by atoms with Gasteiger partial charge in [-0.1, -0.05) is 17.7 Å². The number of fused-ring (bicyclic) bond motifs is 1. The molecule has 1 N–H and O–H groups in total. The fraction of sp³-hybridized carbons (Fsp3) is 0.208. The lowest BCUT2D eigenvalue weighted by molar-refractivity contribution is -0.116. The van der Waals surface area contributed by atoms with E-state index < -0.39 is 17.2 Å². The Kier molecular flexibility index (Phi) is 6.06. The van der Waals surface area contributed by atoms with E-state index in [9.17, 15) is 14.4 Å². The molecule has 9 heteroatoms. The molecule has 0 bridgehead atoms. The normalized spacial score (nSPS) is 10.9. The molecule has 0 aliphatic heterocycles. The first-order valence-corrected chi connectivity index (χ1v) is 11.0. The predicted octanol–water partition coefficient (Wildman–Crippen LogP) is 3.49. The van der Waals surface area contributed by atoms with Crippen molar-refractivity contribution in [3.05, 3.63) is 79.8 Å². The Bertz CT molecular complexity index is 1480. The van der Waals surface area contributed by atoms with Crippen molar-refractivity contribution >= 4 is 33.1 Å². The van der Waals surface area contributed by atoms with Crippen molar-refractivity contribution in [1.29, 1.82) is 0 Å². The monoisotopic (exact) mass is 465 g/mol. The molecule has 0 unspecified atom stereocenters. The minimum atomic E-state index is -0.574. The lowest BCUT2D eigenvalue weighted by Gasteiger charge is -2.15. The molecule has 0 saturated carbocycles. The molecule has 0 fully saturated rings. The summed E-state index contributed by atoms with van der Waals surface area (Å²) in [6.45, 7) is 3.52. The van der Waals surface area contributed by atoms with Crippen molar-refractivity contribution in [2.24, 2.45) is 0 Å². The molecule has 2 heterocycles. The molecule has 8 nitrogen and oxygen atoms in total. The Hall–Kier alpha value is -3.85. The Morgan fingerprint density at radius 2 is 1.82 bits per heavy atom. The zero-order valence-corrected chi connectivity index (χ0v) is 19.5. The average molecular weight is 466 g/mol. The maximum Gasteiger partial charge on any atom is 0.336 e. The number of carbonyl (C=O) groups is 1. The predicted molar refractivity (Wildman–Crippen MR) is 129 cm³/mol. The van der Waals surface area contributed by atoms with Crippen LogP contribution in [0.25, 0.3) is 15.9 Å². The molecule has 0 saturated heterocycles. The topological polar surface area (TPSA) is 91.6 Å². The molecule has 0 radical (unpaired) electrons. The Morgan fingerprint density at radius 1 is 1.03 bits per heavy atom. The molecular weight excluding hydrogens is 442 g/mol. The molecule has 0 spiro atoms. The van der Waals surface area contributed by atoms with Crippen LogP contribution in [0.5, 0.6) is 11.5 Å². The number of nitrogens with zero attached hydrogens (tertiary/aromatic N) is 2. The van der Waals surface area contributed by atoms with Crippen molar-refractivity contribution < 1.29 is 14.3 Å². The van der Waals surface area contributed by atoms with Gasteiger partial charge in [-0.2, -0.15) is 0 Å². The summed E-state index contributed by atoms with van der Waals surface area (Å²) < 4.78 is 13.4. The fourth-order valence-corrected chi connectivity index (χ4v) is 4.57. The summed E-state index contributed by atoms with van der Waals surface area (Å²) in [7, 11) is 3.03. The van der Waals surface area contributed by atoms with Crippen LogP contribution in [-0.4, -0.2) is 29.3 Å². The third kappa shape index (κ3) is 4.14. The zero-order chi connectivity index (χ0) is 23.7. The van der Waals surface area contributed by atoms with Gasteiger partial charge < -0.3 is 14.8 Å². The molecule has 0 aliphatic carbocycles. The van der Waals surface area contributed by atoms with Crippen LogP contribution in [0.2, 0.25) is 0 Å². The van der Waals surface area contributed by atoms with Crippen molar-refractivity contribution in [1.82, 2.24) is 9.13 Å². The lowest BCUT2D eigenvalue weighted by Crippen LogP contribution is -2.40. The zero-order valence-electron chi connectivity index (χ0n) is 18.7. The molecular formula is C24H23N3O5S. The molecule has 170 valence electrons. The van der Waals surface area contributed by atoms with Gasteiger partial charge in [0, 0.05) is 6.07 Å². The summed E-state index contributed by atoms with van der Waals surface area (Å²) in [5, 5.41) is 4.51. The van der Waals surface area contributed by atoms with Crippen LogP contribution in [0.3, 0.4) is 0 Å². The number of ether oxygens (including phenoxy) is 2. The van der Waals surface area contributed by atoms with E-state index in [-0.39, 0.29) is 6.54 Å². The molecule has 0 atom stereocenters. The highest BCUT2D eigenvalue weighted by atomic mass is 32.1. The minimum absolute atomic E-state index is 0.271. The van der Waals surface area contributed by atoms with E-state index in [1.807, 2.05) is 26.0 Å². The van der Waals surface area contributed by atoms with Gasteiger partial charge in [-0.15, -0.1) is 11.3 Å². The van der Waals surface area contributed by atoms with Crippen LogP contribution in [0.4, 0.5) is 5.69 Å². The number of anilines is 1. The minimum Gasteiger partial charge on any atom is -0.497 e. The largest absolute Gasteiger partial charge is 0.497 e. The first-order valence-electron chi connectivity index (χ1n) is 10.2. The van der Waals surface area contributed by atoms with E-state index in [1.165, 1.54) is 30.1 Å². The Morgan fingerprint density at radius 3 is 2.52 bits per heavy atom. The third-order valence-corrected chi connectivity index (χ3v) is 6.22. The number of hydrogen-bond acceptors (Lipinski definition) is 6. The summed E-state index contributed by atoms with van der Waals surface area (Å²) in [4.78, 5) is 39.5. The van der Waals surface area contributed by atoms with E-state index in [0.29, 0.717) is 33.1 Å². The van der Waals surface area contributed by atoms with Crippen LogP contribution >= 0.6 is 11.3 Å². The summed E-state index contributed by atoms with van der Waals surface area (Å²) in [6.07, 6.45) is 0. The van der Waals surface area contributed by atoms with Gasteiger partial charge in [-0.3, -0.25) is 14.2 Å². The highest BCUT2D eigenvalue weighted by Crippen LogP contribution is 2.29. The number of amides is 1. The maximum absolute atomic E-state index is 13.4. The SMILES string of the molecule is COc1ccc(NC(=O)Cn2c(=O)n(-c3ccc(C)cc3C)c(=O)c3sccc32)c(OC)c1. The molecule has 1 amide bonds. The second-order valence-electron chi connectivity index (χ2n) is 7.55. The number of thiophene rings is 1. The van der Waals surface area contributed by atoms with Gasteiger partial charge in [0.25, 0.3) is 5.56 Å². The summed E-state index contributed by atoms with van der Waals surface area (Å²) >= 11 is 1.24. The third-order valence-electron chi connectivity index (χ3n) is 5.33. The van der Waals surface area contributed by atoms with Crippen LogP contribution in [0.1, 0.15) is 11.1 Å². The maximum atomic E-state index is 13.4. The fourth-order valence-electron chi connectivity index (χ4n) is 3.74. The second kappa shape index (κ2) is 8.95. The molecule has 2 aromatic heterocycles. The lowest BCUT2D eigenvalue weighted by atomic mass is 10.1. The average Bonchev–Trinajstić information content (AvgIpc) is 3.28. The van der Waals surface area contributed by atoms with Crippen molar-refractivity contribution in [2.45, 2.75) is 20.4 Å². The van der Waals surface area contributed by atoms with E-state index in [2.05, 4.69) is 5.32 Å². The number of methoxy groups -OCH3 is 2. The number of nitrogens with one attached hydrogen (secondary N) is 1. The van der Waals surface area contributed by atoms with E-state index in [1.54, 1.807) is 35.7 Å². The van der Waals surface area contributed by atoms with E-state index in [4.69, 9.17) is 9.47 Å². The van der Waals surface area contributed by atoms with E-state index >= 15 is 0 Å². The van der Waals surface area contributed by atoms with Crippen molar-refractivity contribution in [3.8, 4) is 17.2 Å². The number of aromatic nitrogens is 2. The Labute approximate surface area is 193 Å². The number of benzene rings is 2. The number of carbonyl (C=O) groups excluding carboxylic acids is 1. The molecule has 33 heavy (non-hydrogen) atoms. The van der Waals surface area contributed by atoms with Gasteiger partial charge in [0.1, 0.15) is 22.7 Å². The number of hydrogen-bond donors (Lipinski definition) is 1. The van der Waals surface area contributed by atoms with Gasteiger partial charge in [-0.05, 0) is 49.1 Å². The van der Waals surface area contributed by atoms with Gasteiger partial charge in [-0.25, -0.2) is 9.36 Å². The van der Waals surface area contributed by atoms with Crippen LogP contribution in [0, 0.1) is 13.8 Å². The van der Waals surface area contributed by atoms with Crippen molar-refractivity contribution in [2.75, 3.05) is 19.5 Å². The van der Waals surface area contributed by atoms with Crippen molar-refractivity contribution in [3.63, 3.8) is 0 Å². The Balaban J connectivity index is 1.77. The first-order chi connectivity index (χ1) is 15.8. The smallest absolute Gasteiger partial charge is 0.336 e. The molecule has 0 aliphatic rings. The van der Waals surface area contributed by atoms with Crippen LogP contribution in [-0.2, 0) is 11.3 Å². The molecule has 2 aromatic carbocycles. The van der Waals surface area contributed by atoms with E-state index in [0.717, 1.165) is 15.7 Å². The quantitative estimate of drug-likeness (QED) is 0.471. The second-order valence-corrected chi connectivity index (χ2v) is 8.46. The van der Waals surface area contributed by atoms with Gasteiger partial charge >= 0.3 is 5.69 Å². The summed E-state index contributed by atoms with van der Waals surface area (Å²) in [5.74, 6) is 0.580. The van der Waals surface area contributed by atoms with Gasteiger partial charge in [0.15, 0.2) is 0 Å². The van der Waals surface area contributed by atoms with Crippen LogP contribution < -0.4 is 26.0 Å². The standard InChI is InChI=1S/C24H23N3O5S/c1-14-5-8-18(15(2)11-14)27-23(29)22-19(9-10-33-22)26(24(27)30)13-21(28)25-17-7-6-16(31-3)12-20(17)32-4/h5-12H,13H2,1-4H3,(H,25,28).